The van der Waals surface area contributed by atoms with E-state index in [2.05, 4.69) is 25.1 Å². The molecule has 0 spiro atoms. The fourth-order valence-corrected chi connectivity index (χ4v) is 2.18. The molecule has 0 N–H and O–H groups in total. The number of aldehydes is 1. The van der Waals surface area contributed by atoms with Crippen molar-refractivity contribution < 1.29 is 9.53 Å². The average Bonchev–Trinajstić information content (AvgIpc) is 2.70. The van der Waals surface area contributed by atoms with Crippen LogP contribution in [-0.4, -0.2) is 12.9 Å². The van der Waals surface area contributed by atoms with Crippen LogP contribution in [0.25, 0.3) is 6.08 Å². The second kappa shape index (κ2) is 16.6. The van der Waals surface area contributed by atoms with Gasteiger partial charge in [-0.05, 0) is 30.2 Å². The first-order valence-corrected chi connectivity index (χ1v) is 9.55. The zero-order valence-electron chi connectivity index (χ0n) is 16.2. The number of allylic oxidation sites excluding steroid dienone is 11. The number of ether oxygens (including phenoxy) is 1. The lowest BCUT2D eigenvalue weighted by Gasteiger charge is -2.05. The highest BCUT2D eigenvalue weighted by Gasteiger charge is 1.93. The molecule has 0 aromatic heterocycles. The third kappa shape index (κ3) is 13.1. The van der Waals surface area contributed by atoms with Gasteiger partial charge in [-0.15, -0.1) is 0 Å². The second-order valence-corrected chi connectivity index (χ2v) is 5.90. The molecule has 2 nitrogen and oxygen atoms in total. The maximum atomic E-state index is 10.1. The zero-order chi connectivity index (χ0) is 19.4. The predicted molar refractivity (Wildman–Crippen MR) is 117 cm³/mol. The quantitative estimate of drug-likeness (QED) is 0.170. The van der Waals surface area contributed by atoms with Gasteiger partial charge >= 0.3 is 0 Å². The summed E-state index contributed by atoms with van der Waals surface area (Å²) >= 11 is 0. The van der Waals surface area contributed by atoms with Crippen molar-refractivity contribution in [2.45, 2.75) is 32.6 Å². The van der Waals surface area contributed by atoms with E-state index in [1.54, 1.807) is 12.2 Å². The van der Waals surface area contributed by atoms with Crippen molar-refractivity contribution in [1.29, 1.82) is 0 Å². The summed E-state index contributed by atoms with van der Waals surface area (Å²) < 4.78 is 5.75. The minimum Gasteiger partial charge on any atom is -0.494 e. The predicted octanol–water partition coefficient (Wildman–Crippen LogP) is 6.64. The van der Waals surface area contributed by atoms with Crippen molar-refractivity contribution in [2.75, 3.05) is 6.61 Å². The molecule has 27 heavy (non-hydrogen) atoms. The van der Waals surface area contributed by atoms with E-state index in [-0.39, 0.29) is 0 Å². The Hall–Kier alpha value is -2.87. The van der Waals surface area contributed by atoms with Gasteiger partial charge in [0.15, 0.2) is 0 Å². The first-order chi connectivity index (χ1) is 13.4. The van der Waals surface area contributed by atoms with E-state index in [1.807, 2.05) is 60.7 Å². The first-order valence-electron chi connectivity index (χ1n) is 9.55. The fourth-order valence-electron chi connectivity index (χ4n) is 2.18. The van der Waals surface area contributed by atoms with E-state index in [9.17, 15) is 4.79 Å². The van der Waals surface area contributed by atoms with E-state index in [1.165, 1.54) is 25.3 Å². The molecule has 1 rings (SSSR count). The third-order valence-corrected chi connectivity index (χ3v) is 3.63. The van der Waals surface area contributed by atoms with Crippen LogP contribution in [0.2, 0.25) is 0 Å². The van der Waals surface area contributed by atoms with Crippen LogP contribution in [0.15, 0.2) is 91.1 Å². The van der Waals surface area contributed by atoms with Gasteiger partial charge in [0.25, 0.3) is 0 Å². The van der Waals surface area contributed by atoms with Crippen LogP contribution in [0.1, 0.15) is 38.2 Å². The van der Waals surface area contributed by atoms with Gasteiger partial charge in [0.1, 0.15) is 12.0 Å². The average molecular weight is 363 g/mol. The Labute approximate surface area is 164 Å². The molecular weight excluding hydrogens is 332 g/mol. The van der Waals surface area contributed by atoms with E-state index < -0.39 is 0 Å². The number of rotatable bonds is 13. The highest BCUT2D eigenvalue weighted by Crippen LogP contribution is 2.14. The molecule has 0 aliphatic heterocycles. The van der Waals surface area contributed by atoms with Crippen molar-refractivity contribution in [3.8, 4) is 5.75 Å². The smallest absolute Gasteiger partial charge is 0.142 e. The highest BCUT2D eigenvalue weighted by molar-refractivity contribution is 5.65. The summed E-state index contributed by atoms with van der Waals surface area (Å²) in [6.45, 7) is 3.01. The normalized spacial score (nSPS) is 12.6. The van der Waals surface area contributed by atoms with Crippen LogP contribution in [-0.2, 0) is 4.79 Å². The van der Waals surface area contributed by atoms with Gasteiger partial charge in [0.2, 0.25) is 0 Å². The fraction of sp³-hybridized carbons (Fsp3) is 0.240. The van der Waals surface area contributed by atoms with Gasteiger partial charge in [-0.1, -0.05) is 105 Å². The molecule has 0 atom stereocenters. The number of hydrogen-bond donors (Lipinski definition) is 0. The van der Waals surface area contributed by atoms with Gasteiger partial charge in [0, 0.05) is 0 Å². The summed E-state index contributed by atoms with van der Waals surface area (Å²) in [5, 5.41) is 0. The zero-order valence-corrected chi connectivity index (χ0v) is 16.2. The minimum atomic E-state index is 0.754. The molecule has 1 aromatic carbocycles. The lowest BCUT2D eigenvalue weighted by atomic mass is 10.2. The number of carbonyl (C=O) groups is 1. The van der Waals surface area contributed by atoms with Gasteiger partial charge in [-0.3, -0.25) is 4.79 Å². The summed E-state index contributed by atoms with van der Waals surface area (Å²) in [7, 11) is 0. The summed E-state index contributed by atoms with van der Waals surface area (Å²) in [5.41, 5.74) is 1.15. The molecule has 0 heterocycles. The van der Waals surface area contributed by atoms with Crippen molar-refractivity contribution in [3.05, 3.63) is 96.7 Å². The third-order valence-electron chi connectivity index (χ3n) is 3.63. The molecule has 142 valence electrons. The number of carbonyl (C=O) groups excluding carboxylic acids is 1. The van der Waals surface area contributed by atoms with E-state index in [4.69, 9.17) is 4.74 Å². The standard InChI is InChI=1S/C25H30O2/c1-2-3-4-16-23-27-25-20-18-24(19-21-25)17-14-12-10-8-6-5-7-9-11-13-15-22-26/h5-15,17-22H,2-4,16,23H2,1H3/b7-5+,8-6+,11-9+,12-10+,15-13+,17-14+. The Morgan fingerprint density at radius 2 is 1.26 bits per heavy atom. The van der Waals surface area contributed by atoms with E-state index >= 15 is 0 Å². The molecule has 0 saturated carbocycles. The van der Waals surface area contributed by atoms with Crippen molar-refractivity contribution in [1.82, 2.24) is 0 Å². The molecule has 0 unspecified atom stereocenters. The van der Waals surface area contributed by atoms with E-state index in [0.717, 1.165) is 30.6 Å². The Kier molecular flexibility index (Phi) is 13.6. The SMILES string of the molecule is CCCCCCOc1ccc(/C=C/C=C/C=C/C=C/C=C/C=C/C=O)cc1. The summed E-state index contributed by atoms with van der Waals surface area (Å²) in [4.78, 5) is 10.1. The second-order valence-electron chi connectivity index (χ2n) is 5.90. The Balaban J connectivity index is 2.27. The van der Waals surface area contributed by atoms with Crippen LogP contribution < -0.4 is 4.74 Å². The molecular formula is C25H30O2. The molecule has 1 aromatic rings. The summed E-state index contributed by atoms with van der Waals surface area (Å²) in [6, 6.07) is 8.17. The Morgan fingerprint density at radius 1 is 0.704 bits per heavy atom. The topological polar surface area (TPSA) is 26.3 Å². The molecule has 2 heteroatoms. The van der Waals surface area contributed by atoms with Crippen LogP contribution in [0.5, 0.6) is 5.75 Å². The largest absolute Gasteiger partial charge is 0.494 e. The van der Waals surface area contributed by atoms with Crippen LogP contribution >= 0.6 is 0 Å². The highest BCUT2D eigenvalue weighted by atomic mass is 16.5. The lowest BCUT2D eigenvalue weighted by Crippen LogP contribution is -1.96. The van der Waals surface area contributed by atoms with Crippen LogP contribution in [0, 0.1) is 0 Å². The van der Waals surface area contributed by atoms with Crippen LogP contribution in [0.3, 0.4) is 0 Å². The molecule has 0 radical (unpaired) electrons. The Bertz CT molecular complexity index is 671. The van der Waals surface area contributed by atoms with Gasteiger partial charge in [-0.2, -0.15) is 0 Å². The van der Waals surface area contributed by atoms with Crippen molar-refractivity contribution in [3.63, 3.8) is 0 Å². The van der Waals surface area contributed by atoms with Crippen molar-refractivity contribution >= 4 is 12.4 Å². The first kappa shape index (κ1) is 22.2. The minimum absolute atomic E-state index is 0.754. The van der Waals surface area contributed by atoms with Crippen molar-refractivity contribution in [2.24, 2.45) is 0 Å². The lowest BCUT2D eigenvalue weighted by molar-refractivity contribution is -0.104. The monoisotopic (exact) mass is 362 g/mol. The Morgan fingerprint density at radius 3 is 1.81 bits per heavy atom. The maximum Gasteiger partial charge on any atom is 0.142 e. The number of hydrogen-bond acceptors (Lipinski definition) is 2. The molecule has 0 fully saturated rings. The van der Waals surface area contributed by atoms with Gasteiger partial charge in [-0.25, -0.2) is 0 Å². The molecule has 0 aliphatic carbocycles. The van der Waals surface area contributed by atoms with E-state index in [0.29, 0.717) is 0 Å². The molecule has 0 amide bonds. The molecule has 0 bridgehead atoms. The van der Waals surface area contributed by atoms with Gasteiger partial charge in [0.05, 0.1) is 6.61 Å². The molecule has 0 saturated heterocycles. The molecule has 0 aliphatic rings. The van der Waals surface area contributed by atoms with Gasteiger partial charge < -0.3 is 4.74 Å². The maximum absolute atomic E-state index is 10.1. The van der Waals surface area contributed by atoms with Crippen LogP contribution in [0.4, 0.5) is 0 Å². The number of unbranched alkanes of at least 4 members (excludes halogenated alkanes) is 3. The summed E-state index contributed by atoms with van der Waals surface area (Å²) in [6.07, 6.45) is 28.3. The number of benzene rings is 1. The summed E-state index contributed by atoms with van der Waals surface area (Å²) in [5.74, 6) is 0.935.